The van der Waals surface area contributed by atoms with Gasteiger partial charge < -0.3 is 15.2 Å². The number of anilines is 1. The molecule has 120 valence electrons. The minimum absolute atomic E-state index is 0. The van der Waals surface area contributed by atoms with Gasteiger partial charge in [-0.15, -0.1) is 0 Å². The molecule has 23 heavy (non-hydrogen) atoms. The van der Waals surface area contributed by atoms with E-state index in [1.165, 1.54) is 12.4 Å². The average molecular weight is 314 g/mol. The normalized spacial score (nSPS) is 10.3. The topological polar surface area (TPSA) is 59.0 Å². The highest BCUT2D eigenvalue weighted by Gasteiger charge is 2.07. The molecule has 2 aromatic carbocycles. The summed E-state index contributed by atoms with van der Waals surface area (Å²) in [5, 5.41) is 5.33. The Balaban J connectivity index is 0.00000156. The number of aromatic nitrogens is 2. The van der Waals surface area contributed by atoms with Crippen LogP contribution in [0.15, 0.2) is 67.3 Å². The quantitative estimate of drug-likeness (QED) is 0.769. The first-order chi connectivity index (χ1) is 11.2. The largest absolute Gasteiger partial charge is 0.334 e. The van der Waals surface area contributed by atoms with E-state index >= 15 is 0 Å². The first-order valence-corrected chi connectivity index (χ1v) is 7.09. The average Bonchev–Trinajstić information content (AvgIpc) is 3.08. The molecule has 0 radical (unpaired) electrons. The molecule has 0 aliphatic heterocycles. The Bertz CT molecular complexity index is 798. The third-order valence-corrected chi connectivity index (χ3v) is 3.28. The van der Waals surface area contributed by atoms with Crippen LogP contribution in [0.4, 0.5) is 14.9 Å². The number of hydrogen-bond donors (Lipinski definition) is 2. The van der Waals surface area contributed by atoms with E-state index in [2.05, 4.69) is 15.6 Å². The van der Waals surface area contributed by atoms with Crippen molar-refractivity contribution < 1.29 is 12.0 Å². The second-order valence-corrected chi connectivity index (χ2v) is 4.93. The summed E-state index contributed by atoms with van der Waals surface area (Å²) < 4.78 is 15.7. The lowest BCUT2D eigenvalue weighted by atomic mass is 10.2. The Hall–Kier alpha value is -3.15. The Kier molecular flexibility index (Phi) is 4.33. The summed E-state index contributed by atoms with van der Waals surface area (Å²) in [5.74, 6) is -0.441. The SMILES string of the molecule is O=C(NCc1ccccc1)Nc1ccc(-n2ccnc2)c(F)c1.[HH].[HH]. The number of carbonyl (C=O) groups excluding carboxylic acids is 1. The molecule has 0 atom stereocenters. The number of hydrogen-bond acceptors (Lipinski definition) is 2. The third-order valence-electron chi connectivity index (χ3n) is 3.28. The number of imidazole rings is 1. The van der Waals surface area contributed by atoms with Crippen LogP contribution >= 0.6 is 0 Å². The molecule has 0 saturated carbocycles. The number of nitrogens with zero attached hydrogens (tertiary/aromatic N) is 2. The van der Waals surface area contributed by atoms with E-state index in [0.29, 0.717) is 17.9 Å². The van der Waals surface area contributed by atoms with Crippen LogP contribution in [0.5, 0.6) is 0 Å². The van der Waals surface area contributed by atoms with E-state index in [4.69, 9.17) is 0 Å². The second-order valence-electron chi connectivity index (χ2n) is 4.93. The predicted molar refractivity (Wildman–Crippen MR) is 90.1 cm³/mol. The lowest BCUT2D eigenvalue weighted by molar-refractivity contribution is 0.251. The van der Waals surface area contributed by atoms with Gasteiger partial charge in [-0.2, -0.15) is 0 Å². The fourth-order valence-corrected chi connectivity index (χ4v) is 2.15. The van der Waals surface area contributed by atoms with Crippen LogP contribution in [0, 0.1) is 5.82 Å². The molecule has 2 amide bonds. The van der Waals surface area contributed by atoms with Gasteiger partial charge in [0, 0.05) is 27.5 Å². The molecule has 0 spiro atoms. The lowest BCUT2D eigenvalue weighted by Gasteiger charge is -2.10. The van der Waals surface area contributed by atoms with E-state index in [1.807, 2.05) is 30.3 Å². The van der Waals surface area contributed by atoms with Crippen LogP contribution in [0.25, 0.3) is 5.69 Å². The number of carbonyl (C=O) groups is 1. The fourth-order valence-electron chi connectivity index (χ4n) is 2.15. The molecular weight excluding hydrogens is 295 g/mol. The summed E-state index contributed by atoms with van der Waals surface area (Å²) in [7, 11) is 0. The number of nitrogens with one attached hydrogen (secondary N) is 2. The molecule has 1 heterocycles. The maximum atomic E-state index is 14.1. The van der Waals surface area contributed by atoms with E-state index in [9.17, 15) is 9.18 Å². The third kappa shape index (κ3) is 3.74. The van der Waals surface area contributed by atoms with Gasteiger partial charge in [0.05, 0.1) is 12.0 Å². The van der Waals surface area contributed by atoms with Crippen LogP contribution in [-0.4, -0.2) is 15.6 Å². The van der Waals surface area contributed by atoms with Gasteiger partial charge in [0.1, 0.15) is 5.82 Å². The first-order valence-electron chi connectivity index (χ1n) is 7.09. The monoisotopic (exact) mass is 314 g/mol. The van der Waals surface area contributed by atoms with E-state index in [0.717, 1.165) is 5.56 Å². The van der Waals surface area contributed by atoms with Gasteiger partial charge in [-0.05, 0) is 23.8 Å². The van der Waals surface area contributed by atoms with E-state index < -0.39 is 5.82 Å². The predicted octanol–water partition coefficient (Wildman–Crippen LogP) is 3.83. The molecule has 0 saturated heterocycles. The van der Waals surface area contributed by atoms with Crippen molar-refractivity contribution in [2.45, 2.75) is 6.54 Å². The van der Waals surface area contributed by atoms with Crippen molar-refractivity contribution >= 4 is 11.7 Å². The summed E-state index contributed by atoms with van der Waals surface area (Å²) >= 11 is 0. The molecular formula is C17H19FN4O. The van der Waals surface area contributed by atoms with Crippen LogP contribution in [0.3, 0.4) is 0 Å². The van der Waals surface area contributed by atoms with Gasteiger partial charge in [0.15, 0.2) is 0 Å². The Morgan fingerprint density at radius 1 is 1.22 bits per heavy atom. The molecule has 0 aliphatic rings. The van der Waals surface area contributed by atoms with Crippen molar-refractivity contribution in [1.82, 2.24) is 14.9 Å². The Labute approximate surface area is 135 Å². The summed E-state index contributed by atoms with van der Waals surface area (Å²) in [6.45, 7) is 0.405. The van der Waals surface area contributed by atoms with Gasteiger partial charge in [-0.25, -0.2) is 14.2 Å². The highest BCUT2D eigenvalue weighted by molar-refractivity contribution is 5.89. The minimum atomic E-state index is -0.441. The van der Waals surface area contributed by atoms with Gasteiger partial charge in [0.2, 0.25) is 0 Å². The van der Waals surface area contributed by atoms with Gasteiger partial charge in [-0.1, -0.05) is 30.3 Å². The van der Waals surface area contributed by atoms with Crippen molar-refractivity contribution in [1.29, 1.82) is 0 Å². The van der Waals surface area contributed by atoms with Crippen molar-refractivity contribution in [3.63, 3.8) is 0 Å². The summed E-state index contributed by atoms with van der Waals surface area (Å²) in [6.07, 6.45) is 4.73. The summed E-state index contributed by atoms with van der Waals surface area (Å²) in [5.41, 5.74) is 1.75. The van der Waals surface area contributed by atoms with E-state index in [1.54, 1.807) is 29.1 Å². The fraction of sp³-hybridized carbons (Fsp3) is 0.0588. The minimum Gasteiger partial charge on any atom is -0.334 e. The Morgan fingerprint density at radius 2 is 2.04 bits per heavy atom. The molecule has 3 rings (SSSR count). The zero-order valence-corrected chi connectivity index (χ0v) is 12.2. The van der Waals surface area contributed by atoms with Crippen LogP contribution in [-0.2, 0) is 6.54 Å². The highest BCUT2D eigenvalue weighted by atomic mass is 19.1. The van der Waals surface area contributed by atoms with Crippen molar-refractivity contribution in [3.05, 3.63) is 78.6 Å². The zero-order chi connectivity index (χ0) is 16.1. The van der Waals surface area contributed by atoms with Crippen molar-refractivity contribution in [2.75, 3.05) is 5.32 Å². The molecule has 6 heteroatoms. The molecule has 0 fully saturated rings. The first kappa shape index (κ1) is 14.8. The molecule has 5 nitrogen and oxygen atoms in total. The standard InChI is InChI=1S/C17H15FN4O.2H2/c18-15-10-14(6-7-16(15)22-9-8-19-12-22)21-17(23)20-11-13-4-2-1-3-5-13;;/h1-10,12H,11H2,(H2,20,21,23);2*1H. The van der Waals surface area contributed by atoms with Crippen molar-refractivity contribution in [2.24, 2.45) is 0 Å². The summed E-state index contributed by atoms with van der Waals surface area (Å²) in [6, 6.07) is 13.7. The number of rotatable bonds is 4. The molecule has 1 aromatic heterocycles. The smallest absolute Gasteiger partial charge is 0.319 e. The summed E-state index contributed by atoms with van der Waals surface area (Å²) in [4.78, 5) is 15.7. The van der Waals surface area contributed by atoms with E-state index in [-0.39, 0.29) is 8.88 Å². The van der Waals surface area contributed by atoms with Crippen molar-refractivity contribution in [3.8, 4) is 5.69 Å². The zero-order valence-electron chi connectivity index (χ0n) is 12.2. The number of halogens is 1. The maximum Gasteiger partial charge on any atom is 0.319 e. The van der Waals surface area contributed by atoms with Gasteiger partial charge >= 0.3 is 6.03 Å². The number of benzene rings is 2. The van der Waals surface area contributed by atoms with Gasteiger partial charge in [-0.3, -0.25) is 0 Å². The van der Waals surface area contributed by atoms with Crippen LogP contribution < -0.4 is 10.6 Å². The number of amides is 2. The molecule has 0 aliphatic carbocycles. The maximum absolute atomic E-state index is 14.1. The van der Waals surface area contributed by atoms with Gasteiger partial charge in [0.25, 0.3) is 0 Å². The highest BCUT2D eigenvalue weighted by Crippen LogP contribution is 2.18. The van der Waals surface area contributed by atoms with Crippen LogP contribution in [0.1, 0.15) is 8.42 Å². The molecule has 2 N–H and O–H groups in total. The molecule has 0 unspecified atom stereocenters. The molecule has 0 bridgehead atoms. The lowest BCUT2D eigenvalue weighted by Crippen LogP contribution is -2.28. The van der Waals surface area contributed by atoms with Crippen LogP contribution in [0.2, 0.25) is 0 Å². The Morgan fingerprint density at radius 3 is 2.74 bits per heavy atom. The molecule has 3 aromatic rings. The second kappa shape index (κ2) is 6.74. The number of urea groups is 1.